The molecule has 4 unspecified atom stereocenters. The third-order valence-corrected chi connectivity index (χ3v) is 8.42. The number of aryl methyl sites for hydroxylation is 1. The Morgan fingerprint density at radius 2 is 1.65 bits per heavy atom. The molecular formula is C31H44. The van der Waals surface area contributed by atoms with Crippen molar-refractivity contribution in [3.63, 3.8) is 0 Å². The van der Waals surface area contributed by atoms with E-state index < -0.39 is 0 Å². The highest BCUT2D eigenvalue weighted by atomic mass is 14.4. The Morgan fingerprint density at radius 3 is 2.52 bits per heavy atom. The molecule has 0 amide bonds. The summed E-state index contributed by atoms with van der Waals surface area (Å²) in [6.45, 7) is 4.43. The maximum atomic E-state index is 2.51. The summed E-state index contributed by atoms with van der Waals surface area (Å²) in [4.78, 5) is 0. The lowest BCUT2D eigenvalue weighted by molar-refractivity contribution is 0.113. The van der Waals surface area contributed by atoms with E-state index in [0.717, 1.165) is 36.5 Å². The van der Waals surface area contributed by atoms with Gasteiger partial charge in [-0.05, 0) is 97.4 Å². The van der Waals surface area contributed by atoms with Crippen LogP contribution < -0.4 is 0 Å². The second kappa shape index (κ2) is 11.3. The molecule has 0 spiro atoms. The van der Waals surface area contributed by atoms with Crippen LogP contribution >= 0.6 is 0 Å². The summed E-state index contributed by atoms with van der Waals surface area (Å²) in [6.07, 6.45) is 22.8. The minimum Gasteiger partial charge on any atom is -0.0917 e. The fourth-order valence-corrected chi connectivity index (χ4v) is 6.55. The summed E-state index contributed by atoms with van der Waals surface area (Å²) >= 11 is 0. The number of benzene rings is 2. The lowest BCUT2D eigenvalue weighted by Gasteiger charge is -2.42. The molecule has 31 heavy (non-hydrogen) atoms. The molecule has 0 nitrogen and oxygen atoms in total. The summed E-state index contributed by atoms with van der Waals surface area (Å²) < 4.78 is 0. The number of allylic oxidation sites excluding steroid dienone is 2. The number of hydrogen-bond acceptors (Lipinski definition) is 0. The van der Waals surface area contributed by atoms with E-state index in [1.54, 1.807) is 5.56 Å². The van der Waals surface area contributed by atoms with Crippen molar-refractivity contribution in [2.24, 2.45) is 17.8 Å². The number of unbranched alkanes of at least 4 members (excludes halogenated alkanes) is 3. The van der Waals surface area contributed by atoms with Gasteiger partial charge in [0.2, 0.25) is 0 Å². The lowest BCUT2D eigenvalue weighted by Crippen LogP contribution is -2.30. The summed E-state index contributed by atoms with van der Waals surface area (Å²) in [7, 11) is 0. The van der Waals surface area contributed by atoms with Gasteiger partial charge >= 0.3 is 0 Å². The Bertz CT molecular complexity index is 844. The van der Waals surface area contributed by atoms with Crippen LogP contribution in [0.4, 0.5) is 0 Å². The van der Waals surface area contributed by atoms with Crippen molar-refractivity contribution in [3.8, 4) is 0 Å². The highest BCUT2D eigenvalue weighted by Gasteiger charge is 2.35. The van der Waals surface area contributed by atoms with E-state index in [1.807, 2.05) is 0 Å². The van der Waals surface area contributed by atoms with Gasteiger partial charge in [0, 0.05) is 0 Å². The summed E-state index contributed by atoms with van der Waals surface area (Å²) in [5, 5.41) is 2.85. The summed E-state index contributed by atoms with van der Waals surface area (Å²) in [5.41, 5.74) is 3.07. The van der Waals surface area contributed by atoms with Crippen LogP contribution in [0, 0.1) is 17.8 Å². The second-order valence-electron chi connectivity index (χ2n) is 10.6. The van der Waals surface area contributed by atoms with E-state index in [4.69, 9.17) is 0 Å². The quantitative estimate of drug-likeness (QED) is 0.282. The van der Waals surface area contributed by atoms with Crippen LogP contribution in [0.3, 0.4) is 0 Å². The average Bonchev–Trinajstić information content (AvgIpc) is 2.81. The highest BCUT2D eigenvalue weighted by molar-refractivity contribution is 5.84. The van der Waals surface area contributed by atoms with E-state index >= 15 is 0 Å². The largest absolute Gasteiger partial charge is 0.0917 e. The van der Waals surface area contributed by atoms with Crippen LogP contribution in [0.1, 0.15) is 108 Å². The van der Waals surface area contributed by atoms with Gasteiger partial charge in [0.15, 0.2) is 0 Å². The molecule has 0 aromatic heterocycles. The Kier molecular flexibility index (Phi) is 8.28. The van der Waals surface area contributed by atoms with Crippen molar-refractivity contribution < 1.29 is 0 Å². The van der Waals surface area contributed by atoms with Crippen LogP contribution in [0.25, 0.3) is 10.8 Å². The molecule has 2 aromatic carbocycles. The predicted molar refractivity (Wildman–Crippen MR) is 137 cm³/mol. The van der Waals surface area contributed by atoms with Crippen molar-refractivity contribution in [3.05, 3.63) is 59.7 Å². The SMILES string of the molecule is C/C=C/CCc1ccc2cc(C3CCC4CC(CCCCCC)CCC4C3)ccc2c1. The molecule has 0 N–H and O–H groups in total. The zero-order chi connectivity index (χ0) is 21.5. The molecular weight excluding hydrogens is 372 g/mol. The summed E-state index contributed by atoms with van der Waals surface area (Å²) in [6, 6.07) is 14.5. The van der Waals surface area contributed by atoms with Gasteiger partial charge in [-0.15, -0.1) is 0 Å². The third-order valence-electron chi connectivity index (χ3n) is 8.42. The molecule has 2 aromatic rings. The van der Waals surface area contributed by atoms with Gasteiger partial charge in [-0.3, -0.25) is 0 Å². The minimum absolute atomic E-state index is 0.793. The number of fused-ring (bicyclic) bond motifs is 2. The molecule has 0 aliphatic heterocycles. The van der Waals surface area contributed by atoms with Crippen LogP contribution in [0.15, 0.2) is 48.6 Å². The first kappa shape index (κ1) is 22.6. The zero-order valence-electron chi connectivity index (χ0n) is 20.1. The van der Waals surface area contributed by atoms with Crippen LogP contribution in [0.5, 0.6) is 0 Å². The van der Waals surface area contributed by atoms with E-state index in [1.165, 1.54) is 87.0 Å². The van der Waals surface area contributed by atoms with Crippen LogP contribution in [-0.4, -0.2) is 0 Å². The molecule has 0 saturated heterocycles. The molecule has 2 aliphatic carbocycles. The Morgan fingerprint density at radius 1 is 0.839 bits per heavy atom. The van der Waals surface area contributed by atoms with Crippen LogP contribution in [0.2, 0.25) is 0 Å². The first-order chi connectivity index (χ1) is 15.3. The van der Waals surface area contributed by atoms with Crippen molar-refractivity contribution in [2.75, 3.05) is 0 Å². The smallest absolute Gasteiger partial charge is 0.0159 e. The first-order valence-electron chi connectivity index (χ1n) is 13.4. The minimum atomic E-state index is 0.793. The van der Waals surface area contributed by atoms with Gasteiger partial charge in [-0.2, -0.15) is 0 Å². The molecule has 0 radical (unpaired) electrons. The Hall–Kier alpha value is -1.56. The van der Waals surface area contributed by atoms with Gasteiger partial charge in [0.05, 0.1) is 0 Å². The molecule has 2 saturated carbocycles. The summed E-state index contributed by atoms with van der Waals surface area (Å²) in [5.74, 6) is 3.86. The Labute approximate surface area is 191 Å². The first-order valence-corrected chi connectivity index (χ1v) is 13.4. The van der Waals surface area contributed by atoms with E-state index in [0.29, 0.717) is 0 Å². The maximum absolute atomic E-state index is 2.51. The molecule has 0 bridgehead atoms. The van der Waals surface area contributed by atoms with Gasteiger partial charge in [-0.1, -0.05) is 94.0 Å². The standard InChI is InChI=1S/C31H44/c1-3-5-7-9-11-25-13-15-29-23-31(19-17-27(29)21-25)30-18-16-26-20-24(10-8-6-4-2)12-14-28(26)22-30/h4,6,12,14,16,18,20,22,25,27,29,31H,3,5,7-11,13,15,17,19,21,23H2,1-2H3/b6-4+. The molecule has 4 atom stereocenters. The van der Waals surface area contributed by atoms with Gasteiger partial charge in [0.25, 0.3) is 0 Å². The van der Waals surface area contributed by atoms with E-state index in [-0.39, 0.29) is 0 Å². The molecule has 4 rings (SSSR count). The van der Waals surface area contributed by atoms with Gasteiger partial charge in [-0.25, -0.2) is 0 Å². The Balaban J connectivity index is 1.33. The molecule has 168 valence electrons. The maximum Gasteiger partial charge on any atom is -0.0159 e. The van der Waals surface area contributed by atoms with Crippen LogP contribution in [-0.2, 0) is 6.42 Å². The topological polar surface area (TPSA) is 0 Å². The average molecular weight is 417 g/mol. The molecule has 0 heteroatoms. The molecule has 0 heterocycles. The van der Waals surface area contributed by atoms with E-state index in [9.17, 15) is 0 Å². The van der Waals surface area contributed by atoms with Crippen molar-refractivity contribution >= 4 is 10.8 Å². The lowest BCUT2D eigenvalue weighted by atomic mass is 9.63. The van der Waals surface area contributed by atoms with Gasteiger partial charge < -0.3 is 0 Å². The molecule has 2 aliphatic rings. The zero-order valence-corrected chi connectivity index (χ0v) is 20.1. The van der Waals surface area contributed by atoms with E-state index in [2.05, 4.69) is 62.4 Å². The third kappa shape index (κ3) is 6.03. The molecule has 2 fully saturated rings. The highest BCUT2D eigenvalue weighted by Crippen LogP contribution is 2.48. The van der Waals surface area contributed by atoms with Crippen molar-refractivity contribution in [1.29, 1.82) is 0 Å². The second-order valence-corrected chi connectivity index (χ2v) is 10.6. The normalized spacial score (nSPS) is 26.4. The number of hydrogen-bond donors (Lipinski definition) is 0. The fraction of sp³-hybridized carbons (Fsp3) is 0.613. The fourth-order valence-electron chi connectivity index (χ4n) is 6.55. The van der Waals surface area contributed by atoms with Gasteiger partial charge in [0.1, 0.15) is 0 Å². The predicted octanol–water partition coefficient (Wildman–Crippen LogP) is 9.62. The monoisotopic (exact) mass is 416 g/mol. The van der Waals surface area contributed by atoms with Crippen molar-refractivity contribution in [2.45, 2.75) is 103 Å². The number of rotatable bonds is 9. The van der Waals surface area contributed by atoms with Crippen molar-refractivity contribution in [1.82, 2.24) is 0 Å².